The van der Waals surface area contributed by atoms with Gasteiger partial charge in [0, 0.05) is 24.5 Å². The molecule has 0 bridgehead atoms. The number of hydrogen-bond acceptors (Lipinski definition) is 4. The van der Waals surface area contributed by atoms with Gasteiger partial charge < -0.3 is 4.74 Å². The lowest BCUT2D eigenvalue weighted by Gasteiger charge is -2.14. The van der Waals surface area contributed by atoms with E-state index in [2.05, 4.69) is 16.0 Å². The largest absolute Gasteiger partial charge is 0.497 e. The van der Waals surface area contributed by atoms with Crippen LogP contribution < -0.4 is 4.74 Å². The van der Waals surface area contributed by atoms with Crippen LogP contribution in [0.25, 0.3) is 0 Å². The molecule has 1 aliphatic rings. The summed E-state index contributed by atoms with van der Waals surface area (Å²) in [6.07, 6.45) is 5.29. The van der Waals surface area contributed by atoms with Gasteiger partial charge in [0.2, 0.25) is 0 Å². The van der Waals surface area contributed by atoms with Gasteiger partial charge in [-0.1, -0.05) is 12.1 Å². The van der Waals surface area contributed by atoms with Gasteiger partial charge in [0.1, 0.15) is 5.75 Å². The Labute approximate surface area is 123 Å². The fraction of sp³-hybridized carbons (Fsp3) is 0.235. The van der Waals surface area contributed by atoms with Crippen LogP contribution in [-0.4, -0.2) is 23.6 Å². The van der Waals surface area contributed by atoms with E-state index in [0.717, 1.165) is 30.0 Å². The Kier molecular flexibility index (Phi) is 3.77. The average molecular weight is 280 g/mol. The van der Waals surface area contributed by atoms with Crippen molar-refractivity contribution in [1.82, 2.24) is 4.98 Å². The number of ketones is 1. The van der Waals surface area contributed by atoms with Gasteiger partial charge in [0.25, 0.3) is 0 Å². The first kappa shape index (κ1) is 13.5. The predicted octanol–water partition coefficient (Wildman–Crippen LogP) is 3.38. The highest BCUT2D eigenvalue weighted by atomic mass is 16.5. The zero-order valence-electron chi connectivity index (χ0n) is 11.9. The molecule has 2 heterocycles. The van der Waals surface area contributed by atoms with Gasteiger partial charge in [-0.05, 0) is 36.6 Å². The third kappa shape index (κ3) is 2.99. The monoisotopic (exact) mass is 280 g/mol. The average Bonchev–Trinajstić information content (AvgIpc) is 2.53. The molecule has 1 aromatic carbocycles. The molecule has 106 valence electrons. The van der Waals surface area contributed by atoms with Crippen molar-refractivity contribution in [2.45, 2.75) is 19.3 Å². The van der Waals surface area contributed by atoms with Crippen molar-refractivity contribution >= 4 is 17.2 Å². The lowest BCUT2D eigenvalue weighted by Crippen LogP contribution is -2.14. The number of hydrogen-bond donors (Lipinski definition) is 0. The van der Waals surface area contributed by atoms with Crippen LogP contribution in [0.15, 0.2) is 47.7 Å². The number of carbonyl (C=O) groups is 1. The number of rotatable bonds is 4. The number of ether oxygens (including phenoxy) is 1. The van der Waals surface area contributed by atoms with Crippen LogP contribution in [0.3, 0.4) is 0 Å². The van der Waals surface area contributed by atoms with E-state index in [9.17, 15) is 4.79 Å². The number of nitrogens with zero attached hydrogens (tertiary/aromatic N) is 2. The van der Waals surface area contributed by atoms with Gasteiger partial charge in [-0.25, -0.2) is 0 Å². The Bertz CT molecular complexity index is 707. The Morgan fingerprint density at radius 1 is 1.24 bits per heavy atom. The summed E-state index contributed by atoms with van der Waals surface area (Å²) in [5.41, 5.74) is 3.48. The number of carbonyl (C=O) groups excluding carboxylic acids is 1. The zero-order chi connectivity index (χ0) is 14.7. The van der Waals surface area contributed by atoms with Crippen LogP contribution in [0.2, 0.25) is 0 Å². The minimum atomic E-state index is 0.105. The van der Waals surface area contributed by atoms with Gasteiger partial charge in [-0.3, -0.25) is 14.8 Å². The topological polar surface area (TPSA) is 51.6 Å². The first-order valence-corrected chi connectivity index (χ1v) is 6.93. The molecule has 0 radical (unpaired) electrons. The van der Waals surface area contributed by atoms with E-state index in [-0.39, 0.29) is 5.78 Å². The van der Waals surface area contributed by atoms with Crippen LogP contribution in [-0.2, 0) is 6.42 Å². The summed E-state index contributed by atoms with van der Waals surface area (Å²) in [4.78, 5) is 20.6. The number of fused-ring (bicyclic) bond motifs is 1. The number of aliphatic imine (C=N–C) groups is 1. The number of benzene rings is 1. The molecular formula is C17H16N2O2. The molecule has 0 N–H and O–H groups in total. The molecule has 1 aliphatic heterocycles. The Balaban J connectivity index is 1.74. The summed E-state index contributed by atoms with van der Waals surface area (Å²) in [6, 6.07) is 9.77. The second-order valence-electron chi connectivity index (χ2n) is 5.02. The molecule has 21 heavy (non-hydrogen) atoms. The van der Waals surface area contributed by atoms with E-state index in [1.807, 2.05) is 18.2 Å². The van der Waals surface area contributed by atoms with Gasteiger partial charge in [0.05, 0.1) is 18.4 Å². The van der Waals surface area contributed by atoms with E-state index >= 15 is 0 Å². The maximum Gasteiger partial charge on any atom is 0.172 e. The highest BCUT2D eigenvalue weighted by molar-refractivity contribution is 6.15. The van der Waals surface area contributed by atoms with Crippen molar-refractivity contribution < 1.29 is 9.53 Å². The molecule has 0 spiro atoms. The molecule has 3 rings (SSSR count). The molecule has 0 fully saturated rings. The van der Waals surface area contributed by atoms with Crippen molar-refractivity contribution in [2.75, 3.05) is 7.11 Å². The van der Waals surface area contributed by atoms with E-state index in [1.165, 1.54) is 5.56 Å². The molecule has 4 nitrogen and oxygen atoms in total. The highest BCUT2D eigenvalue weighted by Crippen LogP contribution is 2.26. The second-order valence-corrected chi connectivity index (χ2v) is 5.02. The van der Waals surface area contributed by atoms with E-state index in [0.29, 0.717) is 12.0 Å². The zero-order valence-corrected chi connectivity index (χ0v) is 11.9. The van der Waals surface area contributed by atoms with E-state index < -0.39 is 0 Å². The van der Waals surface area contributed by atoms with Crippen molar-refractivity contribution in [3.8, 4) is 5.75 Å². The summed E-state index contributed by atoms with van der Waals surface area (Å²) < 4.78 is 5.22. The third-order valence-electron chi connectivity index (χ3n) is 3.58. The van der Waals surface area contributed by atoms with Crippen molar-refractivity contribution in [2.24, 2.45) is 4.99 Å². The number of Topliss-reactive ketones (excluding diaryl/α,β-unsaturated/α-hetero) is 1. The maximum atomic E-state index is 12.1. The SMILES string of the molecule is COc1cccc(CCC2=Nc3ccncc3C(=O)C2)c1. The molecule has 0 saturated heterocycles. The number of aryl methyl sites for hydroxylation is 1. The molecule has 0 aliphatic carbocycles. The van der Waals surface area contributed by atoms with Crippen molar-refractivity contribution in [3.63, 3.8) is 0 Å². The molecule has 0 atom stereocenters. The molecular weight excluding hydrogens is 264 g/mol. The lowest BCUT2D eigenvalue weighted by molar-refractivity contribution is 0.0999. The summed E-state index contributed by atoms with van der Waals surface area (Å²) >= 11 is 0. The summed E-state index contributed by atoms with van der Waals surface area (Å²) in [5, 5.41) is 0. The minimum absolute atomic E-state index is 0.105. The number of aromatic nitrogens is 1. The predicted molar refractivity (Wildman–Crippen MR) is 81.6 cm³/mol. The molecule has 0 saturated carbocycles. The normalized spacial score (nSPS) is 13.6. The smallest absolute Gasteiger partial charge is 0.172 e. The Morgan fingerprint density at radius 3 is 3.00 bits per heavy atom. The lowest BCUT2D eigenvalue weighted by atomic mass is 9.98. The highest BCUT2D eigenvalue weighted by Gasteiger charge is 2.19. The molecule has 0 unspecified atom stereocenters. The quantitative estimate of drug-likeness (QED) is 0.862. The van der Waals surface area contributed by atoms with Crippen LogP contribution in [0.4, 0.5) is 5.69 Å². The van der Waals surface area contributed by atoms with Crippen molar-refractivity contribution in [3.05, 3.63) is 53.9 Å². The minimum Gasteiger partial charge on any atom is -0.497 e. The van der Waals surface area contributed by atoms with Crippen LogP contribution in [0.1, 0.15) is 28.8 Å². The molecule has 1 aromatic heterocycles. The Hall–Kier alpha value is -2.49. The third-order valence-corrected chi connectivity index (χ3v) is 3.58. The first-order chi connectivity index (χ1) is 10.3. The fourth-order valence-electron chi connectivity index (χ4n) is 2.45. The van der Waals surface area contributed by atoms with E-state index in [4.69, 9.17) is 4.74 Å². The number of pyridine rings is 1. The fourth-order valence-corrected chi connectivity index (χ4v) is 2.45. The Morgan fingerprint density at radius 2 is 2.14 bits per heavy atom. The van der Waals surface area contributed by atoms with Crippen LogP contribution in [0, 0.1) is 0 Å². The van der Waals surface area contributed by atoms with Crippen molar-refractivity contribution in [1.29, 1.82) is 0 Å². The van der Waals surface area contributed by atoms with Gasteiger partial charge in [-0.2, -0.15) is 0 Å². The van der Waals surface area contributed by atoms with E-state index in [1.54, 1.807) is 25.6 Å². The second kappa shape index (κ2) is 5.87. The molecule has 2 aromatic rings. The maximum absolute atomic E-state index is 12.1. The molecule has 4 heteroatoms. The van der Waals surface area contributed by atoms with Gasteiger partial charge in [0.15, 0.2) is 5.78 Å². The van der Waals surface area contributed by atoms with Crippen LogP contribution in [0.5, 0.6) is 5.75 Å². The molecule has 0 amide bonds. The van der Waals surface area contributed by atoms with Gasteiger partial charge in [-0.15, -0.1) is 0 Å². The standard InChI is InChI=1S/C17H16N2O2/c1-21-14-4-2-3-12(9-14)5-6-13-10-17(20)15-11-18-8-7-16(15)19-13/h2-4,7-9,11H,5-6,10H2,1H3. The number of methoxy groups -OCH3 is 1. The van der Waals surface area contributed by atoms with Crippen LogP contribution >= 0.6 is 0 Å². The summed E-state index contributed by atoms with van der Waals surface area (Å²) in [7, 11) is 1.66. The first-order valence-electron chi connectivity index (χ1n) is 6.93. The summed E-state index contributed by atoms with van der Waals surface area (Å²) in [5.74, 6) is 0.958. The van der Waals surface area contributed by atoms with Gasteiger partial charge >= 0.3 is 0 Å². The summed E-state index contributed by atoms with van der Waals surface area (Å²) in [6.45, 7) is 0.